The summed E-state index contributed by atoms with van der Waals surface area (Å²) in [6.45, 7) is 4.66. The van der Waals surface area contributed by atoms with Gasteiger partial charge in [0.05, 0.1) is 0 Å². The van der Waals surface area contributed by atoms with E-state index in [-0.39, 0.29) is 0 Å². The average molecular weight is 338 g/mol. The Morgan fingerprint density at radius 2 is 1.38 bits per heavy atom. The van der Waals surface area contributed by atoms with Crippen LogP contribution >= 0.6 is 37.2 Å². The van der Waals surface area contributed by atoms with Gasteiger partial charge in [0.15, 0.2) is 0 Å². The summed E-state index contributed by atoms with van der Waals surface area (Å²) in [5, 5.41) is 0. The molecule has 0 saturated heterocycles. The van der Waals surface area contributed by atoms with E-state index in [4.69, 9.17) is 0 Å². The molecule has 50 valence electrons. The van der Waals surface area contributed by atoms with Crippen LogP contribution in [0.1, 0.15) is 33.1 Å². The Morgan fingerprint density at radius 1 is 1.12 bits per heavy atom. The lowest BCUT2D eigenvalue weighted by Gasteiger charge is -2.33. The highest BCUT2D eigenvalue weighted by Crippen LogP contribution is 2.38. The van der Waals surface area contributed by atoms with Crippen molar-refractivity contribution in [2.24, 2.45) is 5.41 Å². The van der Waals surface area contributed by atoms with Gasteiger partial charge in [-0.2, -0.15) is 0 Å². The number of halogens is 2. The second-order valence-corrected chi connectivity index (χ2v) is 3.02. The zero-order chi connectivity index (χ0) is 6.62. The molecule has 1 aliphatic rings. The van der Waals surface area contributed by atoms with Crippen LogP contribution in [0.3, 0.4) is 0 Å². The molecule has 0 amide bonds. The quantitative estimate of drug-likeness (QED) is 0.587. The summed E-state index contributed by atoms with van der Waals surface area (Å²) in [4.78, 5) is 0. The lowest BCUT2D eigenvalue weighted by molar-refractivity contribution is 0.190. The van der Waals surface area contributed by atoms with E-state index in [0.29, 0.717) is 0 Å². The van der Waals surface area contributed by atoms with E-state index in [1.54, 1.807) is 0 Å². The molecular formula is C6H12I2. The highest BCUT2D eigenvalue weighted by Gasteiger charge is 2.24. The van der Waals surface area contributed by atoms with E-state index in [9.17, 15) is 0 Å². The van der Waals surface area contributed by atoms with E-state index >= 15 is 0 Å². The van der Waals surface area contributed by atoms with Gasteiger partial charge >= 0.3 is 0 Å². The van der Waals surface area contributed by atoms with Gasteiger partial charge in [-0.15, -0.1) is 0 Å². The fraction of sp³-hybridized carbons (Fsp3) is 1.00. The van der Waals surface area contributed by atoms with Crippen LogP contribution in [-0.2, 0) is 0 Å². The third-order valence-electron chi connectivity index (χ3n) is 1.71. The van der Waals surface area contributed by atoms with Crippen molar-refractivity contribution in [1.29, 1.82) is 0 Å². The van der Waals surface area contributed by atoms with E-state index in [2.05, 4.69) is 51.1 Å². The Kier molecular flexibility index (Phi) is 5.09. The van der Waals surface area contributed by atoms with Gasteiger partial charge in [0, 0.05) is 37.2 Å². The normalized spacial score (nSPS) is 22.5. The first-order valence-corrected chi connectivity index (χ1v) is 9.14. The number of hydrogen-bond donors (Lipinski definition) is 0. The van der Waals surface area contributed by atoms with Crippen LogP contribution in [0.2, 0.25) is 0 Å². The molecule has 0 unspecified atom stereocenters. The van der Waals surface area contributed by atoms with Gasteiger partial charge in [-0.05, 0) is 18.3 Å². The molecule has 0 atom stereocenters. The van der Waals surface area contributed by atoms with Gasteiger partial charge < -0.3 is 0 Å². The molecule has 0 aromatic rings. The lowest BCUT2D eigenvalue weighted by atomic mass is 9.72. The Balaban J connectivity index is 0.000000222. The molecule has 0 radical (unpaired) electrons. The third-order valence-corrected chi connectivity index (χ3v) is 1.71. The monoisotopic (exact) mass is 338 g/mol. The fourth-order valence-corrected chi connectivity index (χ4v) is 0.884. The summed E-state index contributed by atoms with van der Waals surface area (Å²) in [6, 6.07) is 0. The largest absolute Gasteiger partial charge is 0.0599 e. The molecule has 1 fully saturated rings. The minimum atomic E-state index is 0.722. The molecule has 0 N–H and O–H groups in total. The maximum absolute atomic E-state index is 2.33. The van der Waals surface area contributed by atoms with Gasteiger partial charge in [-0.1, -0.05) is 20.3 Å². The van der Waals surface area contributed by atoms with Gasteiger partial charge in [0.25, 0.3) is 0 Å². The molecule has 0 aliphatic heterocycles. The molecule has 2 heteroatoms. The van der Waals surface area contributed by atoms with Crippen LogP contribution < -0.4 is 0 Å². The Labute approximate surface area is 75.1 Å². The molecule has 1 saturated carbocycles. The predicted molar refractivity (Wildman–Crippen MR) is 55.7 cm³/mol. The molecule has 0 aromatic carbocycles. The maximum Gasteiger partial charge on any atom is 0 e. The topological polar surface area (TPSA) is 0 Å². The van der Waals surface area contributed by atoms with Gasteiger partial charge in [-0.25, -0.2) is 0 Å². The van der Waals surface area contributed by atoms with Crippen LogP contribution in [0.4, 0.5) is 0 Å². The summed E-state index contributed by atoms with van der Waals surface area (Å²) in [5.41, 5.74) is 0.722. The van der Waals surface area contributed by atoms with Crippen molar-refractivity contribution in [3.63, 3.8) is 0 Å². The SMILES string of the molecule is CC1(C)CCC1.II. The van der Waals surface area contributed by atoms with Crippen LogP contribution in [0.25, 0.3) is 0 Å². The second kappa shape index (κ2) is 4.30. The summed E-state index contributed by atoms with van der Waals surface area (Å²) >= 11 is 4.24. The van der Waals surface area contributed by atoms with Crippen LogP contribution in [0.15, 0.2) is 0 Å². The Hall–Kier alpha value is 1.46. The van der Waals surface area contributed by atoms with Crippen LogP contribution in [0, 0.1) is 5.41 Å². The van der Waals surface area contributed by atoms with E-state index in [1.807, 2.05) is 0 Å². The molecule has 0 nitrogen and oxygen atoms in total. The molecule has 1 rings (SSSR count). The van der Waals surface area contributed by atoms with Crippen molar-refractivity contribution in [2.45, 2.75) is 33.1 Å². The van der Waals surface area contributed by atoms with Crippen molar-refractivity contribution in [2.75, 3.05) is 0 Å². The number of rotatable bonds is 0. The zero-order valence-electron chi connectivity index (χ0n) is 5.38. The third kappa shape index (κ3) is 3.48. The molecule has 0 heterocycles. The van der Waals surface area contributed by atoms with E-state index in [0.717, 1.165) is 5.41 Å². The average Bonchev–Trinajstić information content (AvgIpc) is 1.69. The van der Waals surface area contributed by atoms with Crippen molar-refractivity contribution in [3.8, 4) is 0 Å². The van der Waals surface area contributed by atoms with Crippen molar-refractivity contribution < 1.29 is 0 Å². The highest BCUT2D eigenvalue weighted by atomic mass is 128. The van der Waals surface area contributed by atoms with Crippen LogP contribution in [0.5, 0.6) is 0 Å². The first-order valence-electron chi connectivity index (χ1n) is 2.85. The van der Waals surface area contributed by atoms with E-state index in [1.165, 1.54) is 19.3 Å². The molecule has 1 aliphatic carbocycles. The summed E-state index contributed by atoms with van der Waals surface area (Å²) in [5.74, 6) is 0. The molecule has 0 aromatic heterocycles. The second-order valence-electron chi connectivity index (χ2n) is 3.02. The van der Waals surface area contributed by atoms with Gasteiger partial charge in [0.1, 0.15) is 0 Å². The zero-order valence-corrected chi connectivity index (χ0v) is 9.69. The minimum absolute atomic E-state index is 0.722. The highest BCUT2D eigenvalue weighted by molar-refractivity contribution is 15.0. The number of hydrogen-bond acceptors (Lipinski definition) is 0. The standard InChI is InChI=1S/C6H12.I2/c1-6(2)4-3-5-6;1-2/h3-5H2,1-2H3;. The fourth-order valence-electron chi connectivity index (χ4n) is 0.884. The Bertz CT molecular complexity index is 53.5. The molecular weight excluding hydrogens is 326 g/mol. The summed E-state index contributed by atoms with van der Waals surface area (Å²) < 4.78 is 0. The minimum Gasteiger partial charge on any atom is -0.0599 e. The van der Waals surface area contributed by atoms with Gasteiger partial charge in [0.2, 0.25) is 0 Å². The van der Waals surface area contributed by atoms with Crippen LogP contribution in [-0.4, -0.2) is 0 Å². The molecule has 8 heavy (non-hydrogen) atoms. The summed E-state index contributed by atoms with van der Waals surface area (Å²) in [6.07, 6.45) is 4.37. The Morgan fingerprint density at radius 3 is 1.38 bits per heavy atom. The first kappa shape index (κ1) is 9.46. The van der Waals surface area contributed by atoms with E-state index < -0.39 is 0 Å². The van der Waals surface area contributed by atoms with Crippen molar-refractivity contribution >= 4 is 37.2 Å². The molecule has 0 bridgehead atoms. The molecule has 0 spiro atoms. The first-order chi connectivity index (χ1) is 3.71. The predicted octanol–water partition coefficient (Wildman–Crippen LogP) is 3.97. The van der Waals surface area contributed by atoms with Crippen molar-refractivity contribution in [3.05, 3.63) is 0 Å². The smallest absolute Gasteiger partial charge is 0 e. The summed E-state index contributed by atoms with van der Waals surface area (Å²) in [7, 11) is 0. The van der Waals surface area contributed by atoms with Gasteiger partial charge in [-0.3, -0.25) is 0 Å². The van der Waals surface area contributed by atoms with Crippen molar-refractivity contribution in [1.82, 2.24) is 0 Å². The lowest BCUT2D eigenvalue weighted by Crippen LogP contribution is -2.20. The maximum atomic E-state index is 2.33.